The van der Waals surface area contributed by atoms with Gasteiger partial charge in [0, 0.05) is 14.2 Å². The second-order valence-electron chi connectivity index (χ2n) is 6.25. The Hall–Kier alpha value is -2.45. The lowest BCUT2D eigenvalue weighted by Crippen LogP contribution is -2.12. The Balaban J connectivity index is 2.08. The Labute approximate surface area is 160 Å². The van der Waals surface area contributed by atoms with Crippen LogP contribution in [0.1, 0.15) is 16.7 Å². The molecule has 0 aliphatic heterocycles. The van der Waals surface area contributed by atoms with Crippen LogP contribution in [0.5, 0.6) is 0 Å². The molecule has 0 heterocycles. The number of hydrogen-bond donors (Lipinski definition) is 0. The van der Waals surface area contributed by atoms with Gasteiger partial charge in [0.15, 0.2) is 0 Å². The van der Waals surface area contributed by atoms with Crippen LogP contribution in [0.15, 0.2) is 72.8 Å². The molecule has 0 aliphatic carbocycles. The molecule has 0 fully saturated rings. The Morgan fingerprint density at radius 1 is 0.778 bits per heavy atom. The van der Waals surface area contributed by atoms with E-state index >= 15 is 0 Å². The Kier molecular flexibility index (Phi) is 6.08. The second kappa shape index (κ2) is 8.49. The molecule has 0 spiro atoms. The molecule has 0 saturated carbocycles. The molecule has 0 amide bonds. The van der Waals surface area contributed by atoms with Gasteiger partial charge in [-0.25, -0.2) is 0 Å². The van der Waals surface area contributed by atoms with Crippen molar-refractivity contribution in [2.45, 2.75) is 6.92 Å². The molecule has 0 unspecified atom stereocenters. The lowest BCUT2D eigenvalue weighted by atomic mass is 10.0. The lowest BCUT2D eigenvalue weighted by Gasteiger charge is -2.17. The van der Waals surface area contributed by atoms with Crippen molar-refractivity contribution < 1.29 is 13.6 Å². The minimum atomic E-state index is -3.40. The highest BCUT2D eigenvalue weighted by Crippen LogP contribution is 2.47. The highest BCUT2D eigenvalue weighted by Gasteiger charge is 2.27. The van der Waals surface area contributed by atoms with Crippen LogP contribution in [-0.2, 0) is 13.6 Å². The number of aryl methyl sites for hydroxylation is 1. The molecule has 0 saturated heterocycles. The van der Waals surface area contributed by atoms with E-state index in [0.717, 1.165) is 22.3 Å². The van der Waals surface area contributed by atoms with E-state index in [2.05, 4.69) is 31.2 Å². The van der Waals surface area contributed by atoms with Crippen molar-refractivity contribution in [2.24, 2.45) is 0 Å². The predicted octanol–water partition coefficient (Wildman–Crippen LogP) is 5.94. The fourth-order valence-electron chi connectivity index (χ4n) is 2.87. The highest BCUT2D eigenvalue weighted by atomic mass is 31.2. The predicted molar refractivity (Wildman–Crippen MR) is 113 cm³/mol. The summed E-state index contributed by atoms with van der Waals surface area (Å²) in [4.78, 5) is 0. The molecule has 138 valence electrons. The molecule has 0 radical (unpaired) electrons. The number of hydrogen-bond acceptors (Lipinski definition) is 3. The summed E-state index contributed by atoms with van der Waals surface area (Å²) in [6, 6.07) is 24.1. The van der Waals surface area contributed by atoms with Crippen LogP contribution < -0.4 is 5.30 Å². The molecule has 4 heteroatoms. The van der Waals surface area contributed by atoms with Crippen LogP contribution >= 0.6 is 7.60 Å². The van der Waals surface area contributed by atoms with Crippen molar-refractivity contribution in [1.82, 2.24) is 0 Å². The van der Waals surface area contributed by atoms with Crippen molar-refractivity contribution in [2.75, 3.05) is 14.2 Å². The van der Waals surface area contributed by atoms with E-state index in [9.17, 15) is 4.57 Å². The molecule has 3 nitrogen and oxygen atoms in total. The van der Waals surface area contributed by atoms with Crippen LogP contribution in [0.2, 0.25) is 0 Å². The molecule has 0 N–H and O–H groups in total. The fourth-order valence-corrected chi connectivity index (χ4v) is 4.17. The molecule has 0 atom stereocenters. The van der Waals surface area contributed by atoms with E-state index < -0.39 is 7.60 Å². The third-order valence-corrected chi connectivity index (χ3v) is 6.38. The van der Waals surface area contributed by atoms with Crippen LogP contribution in [0, 0.1) is 6.92 Å². The maximum absolute atomic E-state index is 13.1. The average molecular weight is 378 g/mol. The van der Waals surface area contributed by atoms with Gasteiger partial charge in [-0.15, -0.1) is 0 Å². The highest BCUT2D eigenvalue weighted by molar-refractivity contribution is 7.62. The Bertz CT molecular complexity index is 968. The van der Waals surface area contributed by atoms with Crippen molar-refractivity contribution in [3.05, 3.63) is 89.5 Å². The summed E-state index contributed by atoms with van der Waals surface area (Å²) in [6.07, 6.45) is 3.92. The minimum absolute atomic E-state index is 0.553. The molecular formula is C23H23O3P. The molecular weight excluding hydrogens is 355 g/mol. The standard InChI is InChI=1S/C23H23O3P/c1-18-9-12-20(13-10-18)22-16-15-21(14-11-19-7-5-4-6-8-19)23(17-22)27(24,25-2)26-3/h4-17H,1-3H3/b14-11+. The van der Waals surface area contributed by atoms with Gasteiger partial charge in [-0.05, 0) is 35.2 Å². The van der Waals surface area contributed by atoms with Gasteiger partial charge in [0.1, 0.15) is 0 Å². The first-order valence-electron chi connectivity index (χ1n) is 8.72. The smallest absolute Gasteiger partial charge is 0.309 e. The molecule has 0 bridgehead atoms. The van der Waals surface area contributed by atoms with Gasteiger partial charge in [-0.1, -0.05) is 84.4 Å². The number of benzene rings is 3. The van der Waals surface area contributed by atoms with Gasteiger partial charge in [0.2, 0.25) is 0 Å². The summed E-state index contributed by atoms with van der Waals surface area (Å²) < 4.78 is 23.7. The van der Waals surface area contributed by atoms with Gasteiger partial charge in [0.05, 0.1) is 5.30 Å². The first-order valence-corrected chi connectivity index (χ1v) is 10.3. The third kappa shape index (κ3) is 4.45. The van der Waals surface area contributed by atoms with E-state index in [1.165, 1.54) is 19.8 Å². The van der Waals surface area contributed by atoms with Gasteiger partial charge in [0.25, 0.3) is 0 Å². The summed E-state index contributed by atoms with van der Waals surface area (Å²) in [5.74, 6) is 0. The van der Waals surface area contributed by atoms with Gasteiger partial charge >= 0.3 is 7.60 Å². The Morgan fingerprint density at radius 2 is 1.41 bits per heavy atom. The van der Waals surface area contributed by atoms with Gasteiger partial charge in [-0.3, -0.25) is 4.57 Å². The van der Waals surface area contributed by atoms with E-state index in [-0.39, 0.29) is 0 Å². The van der Waals surface area contributed by atoms with Gasteiger partial charge in [-0.2, -0.15) is 0 Å². The maximum Gasteiger partial charge on any atom is 0.361 e. The normalized spacial score (nSPS) is 11.8. The molecule has 3 aromatic rings. The molecule has 3 aromatic carbocycles. The first kappa shape index (κ1) is 19.3. The summed E-state index contributed by atoms with van der Waals surface area (Å²) in [6.45, 7) is 2.05. The van der Waals surface area contributed by atoms with Crippen molar-refractivity contribution in [1.29, 1.82) is 0 Å². The lowest BCUT2D eigenvalue weighted by molar-refractivity contribution is 0.287. The minimum Gasteiger partial charge on any atom is -0.309 e. The maximum atomic E-state index is 13.1. The summed E-state index contributed by atoms with van der Waals surface area (Å²) >= 11 is 0. The quantitative estimate of drug-likeness (QED) is 0.393. The third-order valence-electron chi connectivity index (χ3n) is 4.45. The van der Waals surface area contributed by atoms with Crippen molar-refractivity contribution >= 4 is 25.1 Å². The zero-order valence-corrected chi connectivity index (χ0v) is 16.6. The first-order chi connectivity index (χ1) is 13.1. The van der Waals surface area contributed by atoms with Crippen LogP contribution in [0.25, 0.3) is 23.3 Å². The SMILES string of the molecule is COP(=O)(OC)c1cc(-c2ccc(C)cc2)ccc1/C=C/c1ccccc1. The summed E-state index contributed by atoms with van der Waals surface area (Å²) in [5, 5.41) is 0.553. The zero-order valence-electron chi connectivity index (χ0n) is 15.8. The second-order valence-corrected chi connectivity index (χ2v) is 8.45. The molecule has 27 heavy (non-hydrogen) atoms. The Morgan fingerprint density at radius 3 is 2.04 bits per heavy atom. The van der Waals surface area contributed by atoms with Crippen LogP contribution in [0.3, 0.4) is 0 Å². The van der Waals surface area contributed by atoms with Crippen molar-refractivity contribution in [3.63, 3.8) is 0 Å². The monoisotopic (exact) mass is 378 g/mol. The van der Waals surface area contributed by atoms with Gasteiger partial charge < -0.3 is 9.05 Å². The van der Waals surface area contributed by atoms with E-state index in [0.29, 0.717) is 5.30 Å². The van der Waals surface area contributed by atoms with E-state index in [1.807, 2.05) is 60.7 Å². The van der Waals surface area contributed by atoms with Crippen molar-refractivity contribution in [3.8, 4) is 11.1 Å². The zero-order chi connectivity index (χ0) is 19.3. The summed E-state index contributed by atoms with van der Waals surface area (Å²) in [7, 11) is -0.580. The van der Waals surface area contributed by atoms with Crippen LogP contribution in [0.4, 0.5) is 0 Å². The molecule has 0 aliphatic rings. The molecule has 3 rings (SSSR count). The summed E-state index contributed by atoms with van der Waals surface area (Å²) in [5.41, 5.74) is 5.09. The topological polar surface area (TPSA) is 35.5 Å². The molecule has 0 aromatic heterocycles. The number of rotatable bonds is 6. The van der Waals surface area contributed by atoms with E-state index in [4.69, 9.17) is 9.05 Å². The van der Waals surface area contributed by atoms with Crippen LogP contribution in [-0.4, -0.2) is 14.2 Å². The van der Waals surface area contributed by atoms with E-state index in [1.54, 1.807) is 0 Å². The average Bonchev–Trinajstić information content (AvgIpc) is 2.73. The largest absolute Gasteiger partial charge is 0.361 e. The fraction of sp³-hybridized carbons (Fsp3) is 0.130.